The van der Waals surface area contributed by atoms with Crippen LogP contribution in [0.2, 0.25) is 0 Å². The van der Waals surface area contributed by atoms with Crippen molar-refractivity contribution in [3.8, 4) is 0 Å². The van der Waals surface area contributed by atoms with E-state index in [1.54, 1.807) is 0 Å². The molecule has 4 heteroatoms. The zero-order valence-electron chi connectivity index (χ0n) is 13.4. The van der Waals surface area contributed by atoms with Gasteiger partial charge in [-0.2, -0.15) is 0 Å². The minimum Gasteiger partial charge on any atom is -0.365 e. The second-order valence-electron chi connectivity index (χ2n) is 6.07. The van der Waals surface area contributed by atoms with Gasteiger partial charge in [-0.1, -0.05) is 39.5 Å². The Hall–Kier alpha value is -0.610. The fourth-order valence-corrected chi connectivity index (χ4v) is 2.86. The summed E-state index contributed by atoms with van der Waals surface area (Å²) in [6.45, 7) is 6.45. The summed E-state index contributed by atoms with van der Waals surface area (Å²) in [7, 11) is 0. The van der Waals surface area contributed by atoms with E-state index in [2.05, 4.69) is 19.2 Å². The van der Waals surface area contributed by atoms with Crippen LogP contribution in [0, 0.1) is 0 Å². The van der Waals surface area contributed by atoms with Crippen LogP contribution >= 0.6 is 0 Å². The molecule has 0 aromatic heterocycles. The zero-order chi connectivity index (χ0) is 15.0. The summed E-state index contributed by atoms with van der Waals surface area (Å²) in [4.78, 5) is 12.3. The van der Waals surface area contributed by atoms with E-state index in [4.69, 9.17) is 10.5 Å². The van der Waals surface area contributed by atoms with Gasteiger partial charge in [-0.3, -0.25) is 4.79 Å². The molecule has 3 N–H and O–H groups in total. The molecule has 0 aromatic rings. The number of hydrogen-bond acceptors (Lipinski definition) is 3. The van der Waals surface area contributed by atoms with Crippen LogP contribution in [0.15, 0.2) is 0 Å². The highest BCUT2D eigenvalue weighted by Gasteiger charge is 2.29. The van der Waals surface area contributed by atoms with Gasteiger partial charge in [0.25, 0.3) is 0 Å². The molecule has 1 atom stereocenters. The Kier molecular flexibility index (Phi) is 7.52. The SMILES string of the molecule is CCC(CC)(CN)NC(=O)C(C)OC1CCCCCC1. The van der Waals surface area contributed by atoms with Crippen molar-refractivity contribution in [1.82, 2.24) is 5.32 Å². The van der Waals surface area contributed by atoms with Gasteiger partial charge in [0.15, 0.2) is 0 Å². The molecule has 1 aliphatic carbocycles. The van der Waals surface area contributed by atoms with E-state index in [1.807, 2.05) is 6.92 Å². The monoisotopic (exact) mass is 284 g/mol. The maximum Gasteiger partial charge on any atom is 0.249 e. The molecule has 0 aromatic carbocycles. The fraction of sp³-hybridized carbons (Fsp3) is 0.938. The van der Waals surface area contributed by atoms with E-state index < -0.39 is 0 Å². The standard InChI is InChI=1S/C16H32N2O2/c1-4-16(5-2,12-17)18-15(19)13(3)20-14-10-8-6-7-9-11-14/h13-14H,4-12,17H2,1-3H3,(H,18,19). The molecule has 4 nitrogen and oxygen atoms in total. The van der Waals surface area contributed by atoms with Crippen molar-refractivity contribution in [2.75, 3.05) is 6.54 Å². The van der Waals surface area contributed by atoms with Crippen LogP contribution < -0.4 is 11.1 Å². The Morgan fingerprint density at radius 2 is 1.80 bits per heavy atom. The Labute approximate surface area is 123 Å². The Balaban J connectivity index is 2.48. The predicted octanol–water partition coefficient (Wildman–Crippen LogP) is 2.75. The molecule has 0 radical (unpaired) electrons. The second kappa shape index (κ2) is 8.63. The van der Waals surface area contributed by atoms with Crippen LogP contribution in [-0.2, 0) is 9.53 Å². The molecule has 0 bridgehead atoms. The summed E-state index contributed by atoms with van der Waals surface area (Å²) in [5.41, 5.74) is 5.55. The normalized spacial score (nSPS) is 19.4. The van der Waals surface area contributed by atoms with Crippen LogP contribution in [0.3, 0.4) is 0 Å². The molecule has 0 heterocycles. The quantitative estimate of drug-likeness (QED) is 0.707. The Bertz CT molecular complexity index is 274. The minimum atomic E-state index is -0.387. The molecule has 0 saturated heterocycles. The van der Waals surface area contributed by atoms with Gasteiger partial charge in [-0.15, -0.1) is 0 Å². The van der Waals surface area contributed by atoms with E-state index in [9.17, 15) is 4.79 Å². The molecule has 1 saturated carbocycles. The average molecular weight is 284 g/mol. The summed E-state index contributed by atoms with van der Waals surface area (Å²) >= 11 is 0. The maximum atomic E-state index is 12.3. The number of nitrogens with two attached hydrogens (primary N) is 1. The van der Waals surface area contributed by atoms with Gasteiger partial charge in [0, 0.05) is 6.54 Å². The van der Waals surface area contributed by atoms with Gasteiger partial charge in [-0.05, 0) is 32.6 Å². The van der Waals surface area contributed by atoms with Crippen molar-refractivity contribution in [2.45, 2.75) is 89.9 Å². The number of carbonyl (C=O) groups is 1. The van der Waals surface area contributed by atoms with Gasteiger partial charge in [-0.25, -0.2) is 0 Å². The number of hydrogen-bond donors (Lipinski definition) is 2. The first-order chi connectivity index (χ1) is 9.56. The average Bonchev–Trinajstić information content (AvgIpc) is 2.73. The fourth-order valence-electron chi connectivity index (χ4n) is 2.86. The number of amides is 1. The second-order valence-corrected chi connectivity index (χ2v) is 6.07. The van der Waals surface area contributed by atoms with Crippen LogP contribution in [0.5, 0.6) is 0 Å². The summed E-state index contributed by atoms with van der Waals surface area (Å²) in [5, 5.41) is 3.10. The summed E-state index contributed by atoms with van der Waals surface area (Å²) < 4.78 is 5.96. The topological polar surface area (TPSA) is 64.3 Å². The van der Waals surface area contributed by atoms with Gasteiger partial charge < -0.3 is 15.8 Å². The molecule has 1 rings (SSSR count). The Morgan fingerprint density at radius 3 is 2.25 bits per heavy atom. The Morgan fingerprint density at radius 1 is 1.25 bits per heavy atom. The lowest BCUT2D eigenvalue weighted by Crippen LogP contribution is -2.55. The molecule has 1 fully saturated rings. The third-order valence-electron chi connectivity index (χ3n) is 4.70. The van der Waals surface area contributed by atoms with Crippen LogP contribution in [-0.4, -0.2) is 30.2 Å². The van der Waals surface area contributed by atoms with Crippen LogP contribution in [0.4, 0.5) is 0 Å². The largest absolute Gasteiger partial charge is 0.365 e. The number of ether oxygens (including phenoxy) is 1. The number of nitrogens with one attached hydrogen (secondary N) is 1. The van der Waals surface area contributed by atoms with Gasteiger partial charge >= 0.3 is 0 Å². The van der Waals surface area contributed by atoms with Crippen LogP contribution in [0.25, 0.3) is 0 Å². The summed E-state index contributed by atoms with van der Waals surface area (Å²) in [6.07, 6.45) is 8.75. The summed E-state index contributed by atoms with van der Waals surface area (Å²) in [5.74, 6) is -0.0246. The molecular weight excluding hydrogens is 252 g/mol. The number of rotatable bonds is 7. The third kappa shape index (κ3) is 5.06. The lowest BCUT2D eigenvalue weighted by molar-refractivity contribution is -0.138. The molecule has 1 amide bonds. The van der Waals surface area contributed by atoms with Crippen molar-refractivity contribution >= 4 is 5.91 Å². The van der Waals surface area contributed by atoms with Gasteiger partial charge in [0.2, 0.25) is 5.91 Å². The lowest BCUT2D eigenvalue weighted by Gasteiger charge is -2.33. The molecule has 0 aliphatic heterocycles. The van der Waals surface area contributed by atoms with Crippen molar-refractivity contribution in [1.29, 1.82) is 0 Å². The van der Waals surface area contributed by atoms with Crippen molar-refractivity contribution in [3.05, 3.63) is 0 Å². The first kappa shape index (κ1) is 17.4. The predicted molar refractivity (Wildman–Crippen MR) is 82.5 cm³/mol. The summed E-state index contributed by atoms with van der Waals surface area (Å²) in [6, 6.07) is 0. The van der Waals surface area contributed by atoms with Gasteiger partial charge in [0.05, 0.1) is 11.6 Å². The zero-order valence-corrected chi connectivity index (χ0v) is 13.4. The third-order valence-corrected chi connectivity index (χ3v) is 4.70. The van der Waals surface area contributed by atoms with Crippen molar-refractivity contribution in [3.63, 3.8) is 0 Å². The van der Waals surface area contributed by atoms with E-state index in [1.165, 1.54) is 25.7 Å². The lowest BCUT2D eigenvalue weighted by atomic mass is 9.92. The van der Waals surface area contributed by atoms with Crippen molar-refractivity contribution < 1.29 is 9.53 Å². The maximum absolute atomic E-state index is 12.3. The first-order valence-electron chi connectivity index (χ1n) is 8.24. The molecular formula is C16H32N2O2. The van der Waals surface area contributed by atoms with Crippen molar-refractivity contribution in [2.24, 2.45) is 5.73 Å². The first-order valence-corrected chi connectivity index (χ1v) is 8.24. The number of carbonyl (C=O) groups excluding carboxylic acids is 1. The highest BCUT2D eigenvalue weighted by atomic mass is 16.5. The van der Waals surface area contributed by atoms with E-state index in [0.29, 0.717) is 6.54 Å². The van der Waals surface area contributed by atoms with Gasteiger partial charge in [0.1, 0.15) is 6.10 Å². The molecule has 1 unspecified atom stereocenters. The highest BCUT2D eigenvalue weighted by Crippen LogP contribution is 2.21. The van der Waals surface area contributed by atoms with E-state index in [0.717, 1.165) is 25.7 Å². The van der Waals surface area contributed by atoms with Crippen LogP contribution in [0.1, 0.15) is 72.1 Å². The minimum absolute atomic E-state index is 0.0246. The van der Waals surface area contributed by atoms with E-state index >= 15 is 0 Å². The smallest absolute Gasteiger partial charge is 0.249 e. The molecule has 1 aliphatic rings. The molecule has 20 heavy (non-hydrogen) atoms. The molecule has 118 valence electrons. The highest BCUT2D eigenvalue weighted by molar-refractivity contribution is 5.81. The molecule has 0 spiro atoms. The van der Waals surface area contributed by atoms with E-state index in [-0.39, 0.29) is 23.7 Å².